The normalized spacial score (nSPS) is 11.7. The van der Waals surface area contributed by atoms with Gasteiger partial charge in [-0.05, 0) is 54.6 Å². The van der Waals surface area contributed by atoms with Crippen molar-refractivity contribution in [3.8, 4) is 0 Å². The van der Waals surface area contributed by atoms with Gasteiger partial charge in [-0.2, -0.15) is 5.10 Å². The molecular formula is C12H13FIN3O2S. The van der Waals surface area contributed by atoms with E-state index < -0.39 is 15.8 Å². The Morgan fingerprint density at radius 1 is 1.35 bits per heavy atom. The van der Waals surface area contributed by atoms with Crippen LogP contribution in [0.2, 0.25) is 0 Å². The van der Waals surface area contributed by atoms with Crippen LogP contribution < -0.4 is 4.72 Å². The molecule has 0 saturated carbocycles. The molecule has 2 aromatic rings. The standard InChI is InChI=1S/C12H13FIN3O2S/c1-7-12(8(2)17(3)15-7)20(18,19)16-11-5-4-9(13)6-10(11)14/h4-6,16H,1-3H3. The zero-order valence-corrected chi connectivity index (χ0v) is 14.1. The second-order valence-corrected chi connectivity index (χ2v) is 7.13. The lowest BCUT2D eigenvalue weighted by Crippen LogP contribution is -2.15. The monoisotopic (exact) mass is 409 g/mol. The maximum Gasteiger partial charge on any atom is 0.265 e. The van der Waals surface area contributed by atoms with Crippen molar-refractivity contribution in [3.05, 3.63) is 39.0 Å². The Balaban J connectivity index is 2.46. The van der Waals surface area contributed by atoms with E-state index >= 15 is 0 Å². The van der Waals surface area contributed by atoms with Gasteiger partial charge in [-0.25, -0.2) is 12.8 Å². The van der Waals surface area contributed by atoms with Crippen molar-refractivity contribution >= 4 is 38.3 Å². The molecule has 0 fully saturated rings. The minimum absolute atomic E-state index is 0.153. The van der Waals surface area contributed by atoms with Crippen LogP contribution in [0.25, 0.3) is 0 Å². The van der Waals surface area contributed by atoms with E-state index in [1.165, 1.54) is 22.9 Å². The fraction of sp³-hybridized carbons (Fsp3) is 0.250. The van der Waals surface area contributed by atoms with E-state index in [0.717, 1.165) is 0 Å². The number of halogens is 2. The summed E-state index contributed by atoms with van der Waals surface area (Å²) in [5, 5.41) is 4.09. The Morgan fingerprint density at radius 3 is 2.50 bits per heavy atom. The fourth-order valence-corrected chi connectivity index (χ4v) is 4.23. The van der Waals surface area contributed by atoms with Gasteiger partial charge >= 0.3 is 0 Å². The molecule has 0 atom stereocenters. The molecule has 5 nitrogen and oxygen atoms in total. The number of sulfonamides is 1. The van der Waals surface area contributed by atoms with Gasteiger partial charge in [-0.1, -0.05) is 0 Å². The lowest BCUT2D eigenvalue weighted by atomic mass is 10.3. The topological polar surface area (TPSA) is 64.0 Å². The second-order valence-electron chi connectivity index (χ2n) is 4.35. The Hall–Kier alpha value is -1.16. The molecule has 0 unspecified atom stereocenters. The Morgan fingerprint density at radius 2 is 2.00 bits per heavy atom. The first-order valence-corrected chi connectivity index (χ1v) is 8.26. The third kappa shape index (κ3) is 2.80. The fourth-order valence-electron chi connectivity index (χ4n) is 1.91. The van der Waals surface area contributed by atoms with Gasteiger partial charge in [-0.3, -0.25) is 9.40 Å². The number of nitrogens with zero attached hydrogens (tertiary/aromatic N) is 2. The average Bonchev–Trinajstić information content (AvgIpc) is 2.57. The SMILES string of the molecule is Cc1nn(C)c(C)c1S(=O)(=O)Nc1ccc(F)cc1I. The van der Waals surface area contributed by atoms with Crippen LogP contribution in [0.4, 0.5) is 10.1 Å². The molecule has 1 aromatic carbocycles. The summed E-state index contributed by atoms with van der Waals surface area (Å²) in [5.74, 6) is -0.411. The second kappa shape index (κ2) is 5.32. The van der Waals surface area contributed by atoms with Crippen LogP contribution >= 0.6 is 22.6 Å². The summed E-state index contributed by atoms with van der Waals surface area (Å²) < 4.78 is 42.4. The molecule has 0 aliphatic carbocycles. The quantitative estimate of drug-likeness (QED) is 0.793. The molecule has 108 valence electrons. The molecule has 0 radical (unpaired) electrons. The molecule has 8 heteroatoms. The van der Waals surface area contributed by atoms with Crippen LogP contribution in [0.15, 0.2) is 23.1 Å². The molecule has 0 bridgehead atoms. The van der Waals surface area contributed by atoms with E-state index in [1.54, 1.807) is 20.9 Å². The molecular weight excluding hydrogens is 396 g/mol. The van der Waals surface area contributed by atoms with Crippen LogP contribution in [-0.4, -0.2) is 18.2 Å². The van der Waals surface area contributed by atoms with E-state index in [2.05, 4.69) is 9.82 Å². The minimum atomic E-state index is -3.75. The van der Waals surface area contributed by atoms with Gasteiger partial charge in [0.05, 0.1) is 17.1 Å². The van der Waals surface area contributed by atoms with Crippen molar-refractivity contribution < 1.29 is 12.8 Å². The molecule has 0 amide bonds. The summed E-state index contributed by atoms with van der Waals surface area (Å²) in [6.45, 7) is 3.32. The third-order valence-electron chi connectivity index (χ3n) is 2.89. The van der Waals surface area contributed by atoms with Gasteiger partial charge in [0.25, 0.3) is 10.0 Å². The van der Waals surface area contributed by atoms with Crippen LogP contribution in [0, 0.1) is 23.2 Å². The molecule has 0 saturated heterocycles. The van der Waals surface area contributed by atoms with Gasteiger partial charge in [-0.15, -0.1) is 0 Å². The number of benzene rings is 1. The number of aromatic nitrogens is 2. The van der Waals surface area contributed by atoms with E-state index in [0.29, 0.717) is 20.6 Å². The Bertz CT molecular complexity index is 771. The lowest BCUT2D eigenvalue weighted by molar-refractivity contribution is 0.599. The number of aryl methyl sites for hydroxylation is 2. The Kier molecular flexibility index (Phi) is 4.05. The molecule has 0 aliphatic heterocycles. The first kappa shape index (κ1) is 15.2. The highest BCUT2D eigenvalue weighted by Crippen LogP contribution is 2.25. The summed E-state index contributed by atoms with van der Waals surface area (Å²) in [5.41, 5.74) is 1.32. The molecule has 20 heavy (non-hydrogen) atoms. The van der Waals surface area contributed by atoms with Gasteiger partial charge < -0.3 is 0 Å². The lowest BCUT2D eigenvalue weighted by Gasteiger charge is -2.10. The van der Waals surface area contributed by atoms with Gasteiger partial charge in [0, 0.05) is 10.6 Å². The largest absolute Gasteiger partial charge is 0.278 e. The number of rotatable bonds is 3. The van der Waals surface area contributed by atoms with Crippen molar-refractivity contribution in [1.82, 2.24) is 9.78 Å². The maximum atomic E-state index is 13.0. The van der Waals surface area contributed by atoms with Crippen molar-refractivity contribution in [1.29, 1.82) is 0 Å². The smallest absolute Gasteiger partial charge is 0.265 e. The molecule has 1 heterocycles. The molecule has 1 aromatic heterocycles. The molecule has 1 N–H and O–H groups in total. The van der Waals surface area contributed by atoms with Gasteiger partial charge in [0.15, 0.2) is 0 Å². The zero-order chi connectivity index (χ0) is 15.1. The first-order valence-electron chi connectivity index (χ1n) is 5.70. The van der Waals surface area contributed by atoms with Gasteiger partial charge in [0.2, 0.25) is 0 Å². The summed E-state index contributed by atoms with van der Waals surface area (Å²) in [6, 6.07) is 3.88. The van der Waals surface area contributed by atoms with E-state index in [1.807, 2.05) is 22.6 Å². The van der Waals surface area contributed by atoms with Crippen LogP contribution in [0.5, 0.6) is 0 Å². The summed E-state index contributed by atoms with van der Waals surface area (Å²) in [4.78, 5) is 0.153. The Labute approximate surface area is 130 Å². The number of anilines is 1. The maximum absolute atomic E-state index is 13.0. The average molecular weight is 409 g/mol. The van der Waals surface area contributed by atoms with Crippen molar-refractivity contribution in [2.75, 3.05) is 4.72 Å². The van der Waals surface area contributed by atoms with E-state index in [4.69, 9.17) is 0 Å². The highest BCUT2D eigenvalue weighted by Gasteiger charge is 2.24. The predicted octanol–water partition coefficient (Wildman–Crippen LogP) is 2.58. The van der Waals surface area contributed by atoms with Crippen LogP contribution in [0.3, 0.4) is 0 Å². The van der Waals surface area contributed by atoms with Crippen LogP contribution in [0.1, 0.15) is 11.4 Å². The van der Waals surface area contributed by atoms with Crippen molar-refractivity contribution in [3.63, 3.8) is 0 Å². The van der Waals surface area contributed by atoms with Crippen molar-refractivity contribution in [2.45, 2.75) is 18.7 Å². The van der Waals surface area contributed by atoms with Crippen LogP contribution in [-0.2, 0) is 17.1 Å². The molecule has 0 aliphatic rings. The summed E-state index contributed by atoms with van der Waals surface area (Å²) in [6.07, 6.45) is 0. The van der Waals surface area contributed by atoms with E-state index in [9.17, 15) is 12.8 Å². The number of hydrogen-bond acceptors (Lipinski definition) is 3. The van der Waals surface area contributed by atoms with Gasteiger partial charge in [0.1, 0.15) is 10.7 Å². The number of nitrogens with one attached hydrogen (secondary N) is 1. The molecule has 0 spiro atoms. The zero-order valence-electron chi connectivity index (χ0n) is 11.1. The highest BCUT2D eigenvalue weighted by molar-refractivity contribution is 14.1. The summed E-state index contributed by atoms with van der Waals surface area (Å²) in [7, 11) is -2.07. The van der Waals surface area contributed by atoms with Crippen molar-refractivity contribution in [2.24, 2.45) is 7.05 Å². The third-order valence-corrected chi connectivity index (χ3v) is 5.40. The molecule has 2 rings (SSSR count). The highest BCUT2D eigenvalue weighted by atomic mass is 127. The number of hydrogen-bond donors (Lipinski definition) is 1. The minimum Gasteiger partial charge on any atom is -0.278 e. The van der Waals surface area contributed by atoms with E-state index in [-0.39, 0.29) is 4.90 Å². The predicted molar refractivity (Wildman–Crippen MR) is 82.6 cm³/mol. The summed E-state index contributed by atoms with van der Waals surface area (Å²) >= 11 is 1.88. The first-order chi connectivity index (χ1) is 9.22.